The van der Waals surface area contributed by atoms with E-state index >= 15 is 0 Å². The molecule has 3 aromatic carbocycles. The summed E-state index contributed by atoms with van der Waals surface area (Å²) < 4.78 is 69.9. The first kappa shape index (κ1) is 38.1. The van der Waals surface area contributed by atoms with Crippen LogP contribution >= 0.6 is 11.6 Å². The summed E-state index contributed by atoms with van der Waals surface area (Å²) in [6.07, 6.45) is -3.31. The molecule has 1 atom stereocenters. The molecular weight excluding hydrogens is 735 g/mol. The molecule has 20 heteroatoms. The first-order chi connectivity index (χ1) is 25.1. The third kappa shape index (κ3) is 10.7. The second-order valence-corrected chi connectivity index (χ2v) is 12.0. The van der Waals surface area contributed by atoms with Crippen LogP contribution in [0.25, 0.3) is 0 Å². The van der Waals surface area contributed by atoms with Crippen molar-refractivity contribution in [2.75, 3.05) is 23.8 Å². The number of aromatic nitrogens is 3. The Hall–Kier alpha value is -6.11. The largest absolute Gasteiger partial charge is 0.480 e. The van der Waals surface area contributed by atoms with Gasteiger partial charge in [0, 0.05) is 29.4 Å². The van der Waals surface area contributed by atoms with Crippen molar-refractivity contribution in [3.8, 4) is 6.01 Å². The number of benzene rings is 3. The Balaban J connectivity index is 1.20. The number of carbonyl (C=O) groups is 4. The van der Waals surface area contributed by atoms with Crippen molar-refractivity contribution in [3.63, 3.8) is 0 Å². The van der Waals surface area contributed by atoms with Crippen molar-refractivity contribution in [3.05, 3.63) is 100 Å². The molecule has 1 fully saturated rings. The van der Waals surface area contributed by atoms with Crippen molar-refractivity contribution in [1.29, 1.82) is 0 Å². The lowest BCUT2D eigenvalue weighted by Gasteiger charge is -2.19. The van der Waals surface area contributed by atoms with E-state index < -0.39 is 72.2 Å². The third-order valence-corrected chi connectivity index (χ3v) is 7.85. The van der Waals surface area contributed by atoms with Crippen molar-refractivity contribution in [2.45, 2.75) is 37.1 Å². The maximum atomic E-state index is 13.4. The molecule has 53 heavy (non-hydrogen) atoms. The molecule has 5 rings (SSSR count). The van der Waals surface area contributed by atoms with Crippen LogP contribution in [0.2, 0.25) is 5.02 Å². The highest BCUT2D eigenvalue weighted by atomic mass is 35.5. The number of nitrogens with zero attached hydrogens (tertiary/aromatic N) is 3. The monoisotopic (exact) mass is 762 g/mol. The van der Waals surface area contributed by atoms with Gasteiger partial charge in [-0.15, -0.1) is 0 Å². The Kier molecular flexibility index (Phi) is 11.6. The van der Waals surface area contributed by atoms with Crippen LogP contribution in [-0.4, -0.2) is 69.1 Å². The van der Waals surface area contributed by atoms with Gasteiger partial charge < -0.3 is 36.4 Å². The molecule has 1 aromatic heterocycles. The van der Waals surface area contributed by atoms with Crippen LogP contribution in [0, 0.1) is 11.6 Å². The normalized spacial score (nSPS) is 13.6. The highest BCUT2D eigenvalue weighted by Crippen LogP contribution is 2.48. The lowest BCUT2D eigenvalue weighted by Crippen LogP contribution is -2.50. The minimum atomic E-state index is -4.67. The minimum Gasteiger partial charge on any atom is -0.480 e. The summed E-state index contributed by atoms with van der Waals surface area (Å²) in [5, 5.41) is 22.5. The molecule has 0 saturated heterocycles. The molecule has 1 heterocycles. The smallest absolute Gasteiger partial charge is 0.422 e. The predicted octanol–water partition coefficient (Wildman–Crippen LogP) is 4.20. The van der Waals surface area contributed by atoms with E-state index in [0.717, 1.165) is 17.7 Å². The van der Waals surface area contributed by atoms with Crippen molar-refractivity contribution in [1.82, 2.24) is 30.9 Å². The number of rotatable bonds is 14. The first-order valence-corrected chi connectivity index (χ1v) is 15.9. The van der Waals surface area contributed by atoms with E-state index in [2.05, 4.69) is 41.5 Å². The number of halogens is 6. The number of amides is 3. The number of alkyl halides is 3. The van der Waals surface area contributed by atoms with Gasteiger partial charge in [-0.1, -0.05) is 29.8 Å². The van der Waals surface area contributed by atoms with E-state index in [4.69, 9.17) is 16.3 Å². The summed E-state index contributed by atoms with van der Waals surface area (Å²) in [6.45, 7) is -2.67. The highest BCUT2D eigenvalue weighted by molar-refractivity contribution is 6.35. The van der Waals surface area contributed by atoms with E-state index in [-0.39, 0.29) is 35.3 Å². The van der Waals surface area contributed by atoms with Crippen molar-refractivity contribution in [2.24, 2.45) is 0 Å². The molecule has 0 aliphatic heterocycles. The van der Waals surface area contributed by atoms with Crippen molar-refractivity contribution < 1.29 is 51.0 Å². The molecular formula is C33H28ClF5N8O6. The summed E-state index contributed by atoms with van der Waals surface area (Å²) in [5.74, 6) is -7.36. The summed E-state index contributed by atoms with van der Waals surface area (Å²) in [7, 11) is 0. The number of carboxylic acid groups (broad SMARTS) is 1. The molecule has 6 N–H and O–H groups in total. The molecule has 4 aromatic rings. The fourth-order valence-electron chi connectivity index (χ4n) is 4.74. The SMILES string of the molecule is O=C(NCc1ccc(F)c(F)c1)C(=O)NC[C@H](NC(=O)c1ccc(Nc2nc(NC3(c4ccc(Cl)cc4)CC3)nc(OCC(F)(F)F)n2)cc1)C(=O)O. The van der Waals surface area contributed by atoms with Crippen LogP contribution in [-0.2, 0) is 26.5 Å². The van der Waals surface area contributed by atoms with E-state index in [1.54, 1.807) is 24.3 Å². The summed E-state index contributed by atoms with van der Waals surface area (Å²) >= 11 is 6.00. The van der Waals surface area contributed by atoms with Crippen molar-refractivity contribution >= 4 is 52.9 Å². The lowest BCUT2D eigenvalue weighted by atomic mass is 10.1. The molecule has 14 nitrogen and oxygen atoms in total. The van der Waals surface area contributed by atoms with Crippen LogP contribution < -0.4 is 31.3 Å². The second-order valence-electron chi connectivity index (χ2n) is 11.6. The average molecular weight is 763 g/mol. The van der Waals surface area contributed by atoms with Gasteiger partial charge in [0.05, 0.1) is 5.54 Å². The summed E-state index contributed by atoms with van der Waals surface area (Å²) in [5.41, 5.74) is 0.682. The zero-order chi connectivity index (χ0) is 38.3. The quantitative estimate of drug-likeness (QED) is 0.0796. The number of carbonyl (C=O) groups excluding carboxylic acids is 3. The first-order valence-electron chi connectivity index (χ1n) is 15.5. The Bertz CT molecular complexity index is 2000. The van der Waals surface area contributed by atoms with Gasteiger partial charge in [0.15, 0.2) is 18.2 Å². The van der Waals surface area contributed by atoms with Crippen LogP contribution in [0.4, 0.5) is 39.5 Å². The average Bonchev–Trinajstić information content (AvgIpc) is 3.89. The molecule has 1 aliphatic carbocycles. The van der Waals surface area contributed by atoms with E-state index in [1.807, 2.05) is 0 Å². The molecule has 0 radical (unpaired) electrons. The molecule has 3 amide bonds. The van der Waals surface area contributed by atoms with E-state index in [0.29, 0.717) is 17.9 Å². The fraction of sp³-hybridized carbons (Fsp3) is 0.242. The van der Waals surface area contributed by atoms with E-state index in [1.165, 1.54) is 30.3 Å². The number of carboxylic acids is 1. The molecule has 0 unspecified atom stereocenters. The van der Waals surface area contributed by atoms with Crippen LogP contribution in [0.15, 0.2) is 66.7 Å². The minimum absolute atomic E-state index is 0.0248. The Morgan fingerprint density at radius 3 is 2.15 bits per heavy atom. The fourth-order valence-corrected chi connectivity index (χ4v) is 4.86. The molecule has 1 aliphatic rings. The van der Waals surface area contributed by atoms with Gasteiger partial charge in [0.1, 0.15) is 6.04 Å². The van der Waals surface area contributed by atoms with Gasteiger partial charge in [-0.25, -0.2) is 13.6 Å². The molecule has 278 valence electrons. The van der Waals surface area contributed by atoms with Crippen LogP contribution in [0.3, 0.4) is 0 Å². The second kappa shape index (κ2) is 16.1. The predicted molar refractivity (Wildman–Crippen MR) is 177 cm³/mol. The summed E-state index contributed by atoms with van der Waals surface area (Å²) in [4.78, 5) is 61.1. The van der Waals surface area contributed by atoms with Gasteiger partial charge in [0.2, 0.25) is 11.9 Å². The van der Waals surface area contributed by atoms with Gasteiger partial charge in [-0.3, -0.25) is 14.4 Å². The maximum absolute atomic E-state index is 13.4. The Labute approximate surface area is 301 Å². The van der Waals surface area contributed by atoms with Gasteiger partial charge in [-0.2, -0.15) is 28.1 Å². The van der Waals surface area contributed by atoms with Crippen LogP contribution in [0.5, 0.6) is 6.01 Å². The number of ether oxygens (including phenoxy) is 1. The molecule has 0 spiro atoms. The third-order valence-electron chi connectivity index (χ3n) is 7.59. The zero-order valence-electron chi connectivity index (χ0n) is 27.1. The topological polar surface area (TPSA) is 197 Å². The molecule has 0 bridgehead atoms. The van der Waals surface area contributed by atoms with Gasteiger partial charge >= 0.3 is 30.0 Å². The maximum Gasteiger partial charge on any atom is 0.422 e. The molecule has 1 saturated carbocycles. The summed E-state index contributed by atoms with van der Waals surface area (Å²) in [6, 6.07) is 12.9. The number of hydrogen-bond donors (Lipinski definition) is 6. The standard InChI is InChI=1S/C33H28ClF5N8O6/c34-20-6-4-19(5-7-20)32(11-12-32)47-30-44-29(45-31(46-30)53-16-33(37,38)39)42-21-8-2-18(3-9-21)25(48)43-24(28(51)52)15-41-27(50)26(49)40-14-17-1-10-22(35)23(36)13-17/h1-10,13,24H,11-12,14-16H2,(H,40,49)(H,41,50)(H,43,48)(H,51,52)(H2,42,44,45,46,47)/t24-/m0/s1. The Morgan fingerprint density at radius 2 is 1.53 bits per heavy atom. The van der Waals surface area contributed by atoms with Gasteiger partial charge in [0.25, 0.3) is 5.91 Å². The highest BCUT2D eigenvalue weighted by Gasteiger charge is 2.45. The number of hydrogen-bond acceptors (Lipinski definition) is 10. The Morgan fingerprint density at radius 1 is 0.868 bits per heavy atom. The number of aliphatic carboxylic acids is 1. The zero-order valence-corrected chi connectivity index (χ0v) is 27.8. The lowest BCUT2D eigenvalue weighted by molar-refractivity contribution is -0.154. The number of anilines is 3. The van der Waals surface area contributed by atoms with Crippen LogP contribution in [0.1, 0.15) is 34.3 Å². The number of nitrogens with one attached hydrogen (secondary N) is 5. The van der Waals surface area contributed by atoms with E-state index in [9.17, 15) is 46.2 Å². The van der Waals surface area contributed by atoms with Gasteiger partial charge in [-0.05, 0) is 72.5 Å².